The maximum absolute atomic E-state index is 11.5. The summed E-state index contributed by atoms with van der Waals surface area (Å²) in [5.74, 6) is 0. The standard InChI is InChI=1S/C11H17N3O/c1-4-6-10-9(12-5-2)7-8-14(3)11(15)13-10/h4,6H,1,5,7-8H2,2-3H3,(H,13,15)/b10-6+,12-9?. The van der Waals surface area contributed by atoms with Crippen molar-refractivity contribution in [2.45, 2.75) is 13.3 Å². The monoisotopic (exact) mass is 207 g/mol. The van der Waals surface area contributed by atoms with E-state index < -0.39 is 0 Å². The molecule has 0 aromatic rings. The summed E-state index contributed by atoms with van der Waals surface area (Å²) in [6, 6.07) is -0.0931. The van der Waals surface area contributed by atoms with E-state index in [0.29, 0.717) is 6.54 Å². The van der Waals surface area contributed by atoms with E-state index in [4.69, 9.17) is 0 Å². The summed E-state index contributed by atoms with van der Waals surface area (Å²) in [5.41, 5.74) is 1.70. The summed E-state index contributed by atoms with van der Waals surface area (Å²) in [6.07, 6.45) is 4.22. The van der Waals surface area contributed by atoms with Crippen LogP contribution >= 0.6 is 0 Å². The summed E-state index contributed by atoms with van der Waals surface area (Å²) in [4.78, 5) is 17.6. The summed E-state index contributed by atoms with van der Waals surface area (Å²) in [6.45, 7) is 7.03. The zero-order chi connectivity index (χ0) is 11.3. The quantitative estimate of drug-likeness (QED) is 0.733. The van der Waals surface area contributed by atoms with E-state index in [2.05, 4.69) is 16.9 Å². The smallest absolute Gasteiger partial charge is 0.321 e. The molecule has 4 nitrogen and oxygen atoms in total. The second-order valence-electron chi connectivity index (χ2n) is 3.34. The molecule has 0 bridgehead atoms. The third-order valence-electron chi connectivity index (χ3n) is 2.22. The van der Waals surface area contributed by atoms with Gasteiger partial charge in [0.2, 0.25) is 0 Å². The zero-order valence-corrected chi connectivity index (χ0v) is 9.29. The van der Waals surface area contributed by atoms with Crippen LogP contribution in [0, 0.1) is 0 Å². The third kappa shape index (κ3) is 2.94. The number of rotatable bonds is 2. The molecule has 1 saturated heterocycles. The van der Waals surface area contributed by atoms with Crippen LogP contribution in [-0.2, 0) is 0 Å². The highest BCUT2D eigenvalue weighted by atomic mass is 16.2. The lowest BCUT2D eigenvalue weighted by molar-refractivity contribution is 0.215. The Morgan fingerprint density at radius 2 is 2.40 bits per heavy atom. The highest BCUT2D eigenvalue weighted by Crippen LogP contribution is 2.07. The van der Waals surface area contributed by atoms with E-state index in [1.54, 1.807) is 24.1 Å². The molecule has 1 fully saturated rings. The lowest BCUT2D eigenvalue weighted by Gasteiger charge is -2.12. The molecule has 4 heteroatoms. The van der Waals surface area contributed by atoms with E-state index in [-0.39, 0.29) is 6.03 Å². The molecular weight excluding hydrogens is 190 g/mol. The summed E-state index contributed by atoms with van der Waals surface area (Å²) < 4.78 is 0. The van der Waals surface area contributed by atoms with Gasteiger partial charge in [-0.2, -0.15) is 0 Å². The Morgan fingerprint density at radius 1 is 1.67 bits per heavy atom. The Bertz CT molecular complexity index is 318. The lowest BCUT2D eigenvalue weighted by Crippen LogP contribution is -2.34. The van der Waals surface area contributed by atoms with E-state index in [1.165, 1.54) is 0 Å². The number of hydrogen-bond donors (Lipinski definition) is 1. The highest BCUT2D eigenvalue weighted by Gasteiger charge is 2.18. The molecule has 1 heterocycles. The molecule has 0 radical (unpaired) electrons. The van der Waals surface area contributed by atoms with Crippen molar-refractivity contribution < 1.29 is 4.79 Å². The van der Waals surface area contributed by atoms with Gasteiger partial charge in [0, 0.05) is 26.6 Å². The van der Waals surface area contributed by atoms with Gasteiger partial charge in [-0.25, -0.2) is 4.79 Å². The number of aliphatic imine (C=N–C) groups is 1. The number of carbonyl (C=O) groups is 1. The Kier molecular flexibility index (Phi) is 4.09. The molecule has 1 aliphatic rings. The summed E-state index contributed by atoms with van der Waals surface area (Å²) >= 11 is 0. The molecule has 0 saturated carbocycles. The first-order valence-electron chi connectivity index (χ1n) is 5.07. The zero-order valence-electron chi connectivity index (χ0n) is 9.29. The van der Waals surface area contributed by atoms with Crippen molar-refractivity contribution in [1.82, 2.24) is 10.2 Å². The molecule has 0 aromatic heterocycles. The van der Waals surface area contributed by atoms with E-state index in [0.717, 1.165) is 24.4 Å². The van der Waals surface area contributed by atoms with Gasteiger partial charge >= 0.3 is 6.03 Å². The van der Waals surface area contributed by atoms with Crippen molar-refractivity contribution in [3.8, 4) is 0 Å². The van der Waals surface area contributed by atoms with Crippen LogP contribution in [0.3, 0.4) is 0 Å². The first-order chi connectivity index (χ1) is 7.19. The van der Waals surface area contributed by atoms with Gasteiger partial charge in [0.25, 0.3) is 0 Å². The third-order valence-corrected chi connectivity index (χ3v) is 2.22. The van der Waals surface area contributed by atoms with Gasteiger partial charge in [0.05, 0.1) is 11.4 Å². The molecule has 0 spiro atoms. The van der Waals surface area contributed by atoms with Crippen LogP contribution in [0.2, 0.25) is 0 Å². The van der Waals surface area contributed by atoms with Gasteiger partial charge in [-0.05, 0) is 13.0 Å². The first kappa shape index (κ1) is 11.5. The Morgan fingerprint density at radius 3 is 3.00 bits per heavy atom. The predicted molar refractivity (Wildman–Crippen MR) is 62.0 cm³/mol. The minimum atomic E-state index is -0.0931. The van der Waals surface area contributed by atoms with Gasteiger partial charge in [-0.1, -0.05) is 12.7 Å². The van der Waals surface area contributed by atoms with Crippen LogP contribution in [0.4, 0.5) is 4.79 Å². The fourth-order valence-electron chi connectivity index (χ4n) is 1.40. The molecule has 0 unspecified atom stereocenters. The predicted octanol–water partition coefficient (Wildman–Crippen LogP) is 1.56. The molecule has 15 heavy (non-hydrogen) atoms. The molecule has 0 aromatic carbocycles. The van der Waals surface area contributed by atoms with E-state index in [1.807, 2.05) is 6.92 Å². The first-order valence-corrected chi connectivity index (χ1v) is 5.07. The molecule has 1 N–H and O–H groups in total. The van der Waals surface area contributed by atoms with Gasteiger partial charge < -0.3 is 10.2 Å². The number of nitrogens with one attached hydrogen (secondary N) is 1. The number of hydrogen-bond acceptors (Lipinski definition) is 2. The Hall–Kier alpha value is -1.58. The van der Waals surface area contributed by atoms with Crippen LogP contribution in [-0.4, -0.2) is 36.8 Å². The topological polar surface area (TPSA) is 44.7 Å². The SMILES string of the molecule is C=C/C=C1/NC(=O)N(C)CCC1=NCC. The number of nitrogens with zero attached hydrogens (tertiary/aromatic N) is 2. The minimum Gasteiger partial charge on any atom is -0.327 e. The van der Waals surface area contributed by atoms with Gasteiger partial charge in [-0.15, -0.1) is 0 Å². The number of allylic oxidation sites excluding steroid dienone is 3. The molecule has 1 aliphatic heterocycles. The lowest BCUT2D eigenvalue weighted by atomic mass is 10.2. The van der Waals surface area contributed by atoms with Crippen LogP contribution < -0.4 is 5.32 Å². The Labute approximate surface area is 90.4 Å². The van der Waals surface area contributed by atoms with Crippen molar-refractivity contribution in [1.29, 1.82) is 0 Å². The summed E-state index contributed by atoms with van der Waals surface area (Å²) in [5, 5.41) is 2.81. The maximum atomic E-state index is 11.5. The second-order valence-corrected chi connectivity index (χ2v) is 3.34. The van der Waals surface area contributed by atoms with E-state index in [9.17, 15) is 4.79 Å². The number of urea groups is 1. The van der Waals surface area contributed by atoms with Crippen molar-refractivity contribution in [2.75, 3.05) is 20.1 Å². The van der Waals surface area contributed by atoms with Crippen LogP contribution in [0.25, 0.3) is 0 Å². The average Bonchev–Trinajstić information content (AvgIpc) is 2.33. The molecule has 82 valence electrons. The van der Waals surface area contributed by atoms with Gasteiger partial charge in [-0.3, -0.25) is 4.99 Å². The van der Waals surface area contributed by atoms with Crippen LogP contribution in [0.15, 0.2) is 29.4 Å². The van der Waals surface area contributed by atoms with E-state index >= 15 is 0 Å². The van der Waals surface area contributed by atoms with Gasteiger partial charge in [0.15, 0.2) is 0 Å². The largest absolute Gasteiger partial charge is 0.327 e. The maximum Gasteiger partial charge on any atom is 0.321 e. The fraction of sp³-hybridized carbons (Fsp3) is 0.455. The van der Waals surface area contributed by atoms with Crippen LogP contribution in [0.1, 0.15) is 13.3 Å². The molecule has 0 aliphatic carbocycles. The van der Waals surface area contributed by atoms with Crippen molar-refractivity contribution in [3.63, 3.8) is 0 Å². The Balaban J connectivity index is 2.96. The average molecular weight is 207 g/mol. The van der Waals surface area contributed by atoms with Crippen LogP contribution in [0.5, 0.6) is 0 Å². The molecule has 0 atom stereocenters. The fourth-order valence-corrected chi connectivity index (χ4v) is 1.40. The molecule has 1 rings (SSSR count). The van der Waals surface area contributed by atoms with Crippen molar-refractivity contribution in [2.24, 2.45) is 4.99 Å². The minimum absolute atomic E-state index is 0.0931. The second kappa shape index (κ2) is 5.34. The number of carbonyl (C=O) groups excluding carboxylic acids is 1. The molecule has 2 amide bonds. The van der Waals surface area contributed by atoms with Crippen molar-refractivity contribution >= 4 is 11.7 Å². The van der Waals surface area contributed by atoms with Crippen molar-refractivity contribution in [3.05, 3.63) is 24.4 Å². The number of amides is 2. The highest BCUT2D eigenvalue weighted by molar-refractivity contribution is 6.04. The van der Waals surface area contributed by atoms with Gasteiger partial charge in [0.1, 0.15) is 0 Å². The normalized spacial score (nSPS) is 22.8. The molecular formula is C11H17N3O. The summed E-state index contributed by atoms with van der Waals surface area (Å²) in [7, 11) is 1.77.